The smallest absolute Gasteiger partial charge is 0.337 e. The van der Waals surface area contributed by atoms with Gasteiger partial charge in [0.25, 0.3) is 5.24 Å². The molecule has 3 N–H and O–H groups in total. The van der Waals surface area contributed by atoms with Crippen molar-refractivity contribution >= 4 is 73.7 Å². The van der Waals surface area contributed by atoms with E-state index in [0.717, 1.165) is 0 Å². The summed E-state index contributed by atoms with van der Waals surface area (Å²) < 4.78 is 0.811. The minimum absolute atomic E-state index is 0.0301. The predicted octanol–water partition coefficient (Wildman–Crippen LogP) is 2.86. The molecule has 0 bridgehead atoms. The summed E-state index contributed by atoms with van der Waals surface area (Å²) in [6.45, 7) is 1.60. The Morgan fingerprint density at radius 2 is 1.75 bits per heavy atom. The Bertz CT molecular complexity index is 461. The van der Waals surface area contributed by atoms with Crippen LogP contribution in [0.5, 0.6) is 0 Å². The summed E-state index contributed by atoms with van der Waals surface area (Å²) in [4.78, 5) is 22.3. The van der Waals surface area contributed by atoms with Crippen LogP contribution >= 0.6 is 56.8 Å². The van der Waals surface area contributed by atoms with E-state index in [9.17, 15) is 9.59 Å². The normalized spacial score (nSPS) is 10.2. The highest BCUT2D eigenvalue weighted by molar-refractivity contribution is 14.1. The maximum atomic E-state index is 11.2. The maximum Gasteiger partial charge on any atom is 0.337 e. The Kier molecular flexibility index (Phi) is 4.41. The molecule has 7 heteroatoms. The monoisotopic (exact) mass is 465 g/mol. The molecule has 0 amide bonds. The molecule has 0 heterocycles. The van der Waals surface area contributed by atoms with Crippen LogP contribution in [-0.4, -0.2) is 16.3 Å². The highest BCUT2D eigenvalue weighted by atomic mass is 127. The van der Waals surface area contributed by atoms with E-state index < -0.39 is 11.2 Å². The van der Waals surface area contributed by atoms with Crippen molar-refractivity contribution in [3.05, 3.63) is 23.8 Å². The van der Waals surface area contributed by atoms with E-state index in [4.69, 9.17) is 22.4 Å². The number of carboxylic acid groups (broad SMARTS) is 1. The van der Waals surface area contributed by atoms with Crippen LogP contribution < -0.4 is 5.73 Å². The summed E-state index contributed by atoms with van der Waals surface area (Å²) in [5.41, 5.74) is 6.66. The van der Waals surface area contributed by atoms with Gasteiger partial charge in [-0.3, -0.25) is 4.79 Å². The lowest BCUT2D eigenvalue weighted by atomic mass is 10.0. The number of carboxylic acids is 1. The van der Waals surface area contributed by atoms with E-state index in [1.54, 1.807) is 29.5 Å². The number of nitrogen functional groups attached to an aromatic ring is 1. The molecule has 0 fully saturated rings. The average Bonchev–Trinajstić information content (AvgIpc) is 2.13. The van der Waals surface area contributed by atoms with E-state index in [-0.39, 0.29) is 16.8 Å². The molecular weight excluding hydrogens is 459 g/mol. The summed E-state index contributed by atoms with van der Waals surface area (Å²) in [5.74, 6) is -1.12. The first kappa shape index (κ1) is 14.0. The second kappa shape index (κ2) is 5.05. The van der Waals surface area contributed by atoms with Crippen molar-refractivity contribution in [3.8, 4) is 0 Å². The number of rotatable bonds is 2. The van der Waals surface area contributed by atoms with Gasteiger partial charge in [-0.05, 0) is 69.3 Å². The minimum atomic E-state index is -1.12. The van der Waals surface area contributed by atoms with Crippen molar-refractivity contribution in [2.75, 3.05) is 5.73 Å². The molecule has 0 aliphatic carbocycles. The standard InChI is InChI=1S/C9H6ClI2NO3/c1-2-3(9(15)16)5(11)4(8(10)14)6(12)7(2)13/h13H2,1H3,(H,15,16). The Labute approximate surface area is 124 Å². The highest BCUT2D eigenvalue weighted by Gasteiger charge is 2.24. The van der Waals surface area contributed by atoms with Crippen LogP contribution in [0, 0.1) is 14.1 Å². The fraction of sp³-hybridized carbons (Fsp3) is 0.111. The molecule has 0 aliphatic rings. The molecule has 16 heavy (non-hydrogen) atoms. The van der Waals surface area contributed by atoms with Crippen molar-refractivity contribution in [2.45, 2.75) is 6.92 Å². The summed E-state index contributed by atoms with van der Waals surface area (Å²) >= 11 is 9.09. The molecule has 0 aliphatic heterocycles. The van der Waals surface area contributed by atoms with Crippen LogP contribution in [0.25, 0.3) is 0 Å². The fourth-order valence-corrected chi connectivity index (χ4v) is 4.34. The topological polar surface area (TPSA) is 80.4 Å². The van der Waals surface area contributed by atoms with Crippen LogP contribution in [0.3, 0.4) is 0 Å². The van der Waals surface area contributed by atoms with Crippen molar-refractivity contribution in [1.29, 1.82) is 0 Å². The Morgan fingerprint density at radius 1 is 1.25 bits per heavy atom. The van der Waals surface area contributed by atoms with Gasteiger partial charge in [-0.1, -0.05) is 0 Å². The molecule has 4 nitrogen and oxygen atoms in total. The van der Waals surface area contributed by atoms with Crippen molar-refractivity contribution in [3.63, 3.8) is 0 Å². The molecule has 1 aromatic rings. The number of hydrogen-bond donors (Lipinski definition) is 2. The molecule has 0 atom stereocenters. The van der Waals surface area contributed by atoms with E-state index in [0.29, 0.717) is 12.7 Å². The summed E-state index contributed by atoms with van der Waals surface area (Å²) in [6, 6.07) is 0. The second-order valence-electron chi connectivity index (χ2n) is 3.00. The number of benzene rings is 1. The Morgan fingerprint density at radius 3 is 2.12 bits per heavy atom. The lowest BCUT2D eigenvalue weighted by Gasteiger charge is -2.13. The molecule has 1 rings (SSSR count). The van der Waals surface area contributed by atoms with Gasteiger partial charge in [-0.2, -0.15) is 0 Å². The highest BCUT2D eigenvalue weighted by Crippen LogP contribution is 2.33. The molecule has 0 saturated carbocycles. The van der Waals surface area contributed by atoms with Gasteiger partial charge in [-0.25, -0.2) is 4.79 Å². The van der Waals surface area contributed by atoms with E-state index in [1.165, 1.54) is 0 Å². The zero-order chi connectivity index (χ0) is 12.6. The molecular formula is C9H6ClI2NO3. The van der Waals surface area contributed by atoms with Crippen LogP contribution in [0.1, 0.15) is 26.3 Å². The van der Waals surface area contributed by atoms with Gasteiger partial charge in [0.05, 0.1) is 11.1 Å². The molecule has 0 aromatic heterocycles. The minimum Gasteiger partial charge on any atom is -0.478 e. The first-order valence-corrected chi connectivity index (χ1v) is 6.52. The summed E-state index contributed by atoms with van der Waals surface area (Å²) in [6.07, 6.45) is 0. The third-order valence-corrected chi connectivity index (χ3v) is 4.47. The van der Waals surface area contributed by atoms with Crippen LogP contribution in [0.15, 0.2) is 0 Å². The fourth-order valence-electron chi connectivity index (χ4n) is 1.25. The van der Waals surface area contributed by atoms with Crippen LogP contribution in [-0.2, 0) is 0 Å². The molecule has 86 valence electrons. The third kappa shape index (κ3) is 2.28. The molecule has 1 aromatic carbocycles. The summed E-state index contributed by atoms with van der Waals surface area (Å²) in [5, 5.41) is 8.35. The second-order valence-corrected chi connectivity index (χ2v) is 5.50. The van der Waals surface area contributed by atoms with Gasteiger partial charge < -0.3 is 10.8 Å². The Balaban J connectivity index is 3.80. The summed E-state index contributed by atoms with van der Waals surface area (Å²) in [7, 11) is 0. The quantitative estimate of drug-likeness (QED) is 0.400. The van der Waals surface area contributed by atoms with E-state index >= 15 is 0 Å². The van der Waals surface area contributed by atoms with Gasteiger partial charge in [-0.15, -0.1) is 0 Å². The predicted molar refractivity (Wildman–Crippen MR) is 78.2 cm³/mol. The largest absolute Gasteiger partial charge is 0.478 e. The zero-order valence-corrected chi connectivity index (χ0v) is 13.0. The van der Waals surface area contributed by atoms with Crippen molar-refractivity contribution in [1.82, 2.24) is 0 Å². The average molecular weight is 465 g/mol. The zero-order valence-electron chi connectivity index (χ0n) is 7.97. The number of aromatic carboxylic acids is 1. The Hall–Kier alpha value is -0.0900. The number of nitrogens with two attached hydrogens (primary N) is 1. The maximum absolute atomic E-state index is 11.2. The van der Waals surface area contributed by atoms with E-state index in [2.05, 4.69) is 0 Å². The lowest BCUT2D eigenvalue weighted by molar-refractivity contribution is 0.0695. The number of hydrogen-bond acceptors (Lipinski definition) is 3. The number of carbonyl (C=O) groups excluding carboxylic acids is 1. The molecule has 0 radical (unpaired) electrons. The number of anilines is 1. The molecule has 0 unspecified atom stereocenters. The molecule has 0 spiro atoms. The van der Waals surface area contributed by atoms with Crippen molar-refractivity contribution in [2.24, 2.45) is 0 Å². The van der Waals surface area contributed by atoms with Gasteiger partial charge in [0.1, 0.15) is 0 Å². The van der Waals surface area contributed by atoms with Crippen LogP contribution in [0.2, 0.25) is 0 Å². The van der Waals surface area contributed by atoms with Gasteiger partial charge in [0.15, 0.2) is 0 Å². The van der Waals surface area contributed by atoms with Crippen LogP contribution in [0.4, 0.5) is 5.69 Å². The van der Waals surface area contributed by atoms with E-state index in [1.807, 2.05) is 22.6 Å². The first-order chi connectivity index (χ1) is 7.29. The molecule has 0 saturated heterocycles. The van der Waals surface area contributed by atoms with Gasteiger partial charge in [0.2, 0.25) is 0 Å². The number of halogens is 3. The third-order valence-electron chi connectivity index (χ3n) is 2.08. The first-order valence-electron chi connectivity index (χ1n) is 3.99. The lowest BCUT2D eigenvalue weighted by Crippen LogP contribution is -2.13. The van der Waals surface area contributed by atoms with Gasteiger partial charge >= 0.3 is 5.97 Å². The SMILES string of the molecule is Cc1c(N)c(I)c(C(=O)Cl)c(I)c1C(=O)O. The van der Waals surface area contributed by atoms with Gasteiger partial charge in [0, 0.05) is 12.8 Å². The number of carbonyl (C=O) groups is 2. The van der Waals surface area contributed by atoms with Crippen molar-refractivity contribution < 1.29 is 14.7 Å².